The van der Waals surface area contributed by atoms with Gasteiger partial charge in [-0.05, 0) is 37.6 Å². The number of carbonyl (C=O) groups is 1. The van der Waals surface area contributed by atoms with Crippen LogP contribution in [-0.4, -0.2) is 36.3 Å². The molecular weight excluding hydrogens is 500 g/mol. The van der Waals surface area contributed by atoms with Crippen LogP contribution in [0.3, 0.4) is 0 Å². The van der Waals surface area contributed by atoms with Crippen molar-refractivity contribution in [2.24, 2.45) is 4.99 Å². The van der Waals surface area contributed by atoms with Crippen LogP contribution in [0.25, 0.3) is 6.20 Å². The standard InChI is InChI=1S/C25H24N4O7S/c1-5-36-24(31)21-14(2)27-25-28(22(21)15-9-10-18(34-3)19(11-15)35-4)23(30)20(37-25)13-26-16-7-6-8-17(12-16)29(32)33/h6-13,22,26H,5H2,1-4H3/b20-13-/t22-/m0/s1. The number of nitrogens with zero attached hydrogens (tertiary/aromatic N) is 3. The molecule has 0 fully saturated rings. The summed E-state index contributed by atoms with van der Waals surface area (Å²) in [5, 5.41) is 14.0. The van der Waals surface area contributed by atoms with Crippen molar-refractivity contribution in [2.75, 3.05) is 26.1 Å². The van der Waals surface area contributed by atoms with Gasteiger partial charge < -0.3 is 19.5 Å². The molecule has 192 valence electrons. The Morgan fingerprint density at radius 1 is 1.22 bits per heavy atom. The maximum absolute atomic E-state index is 13.6. The van der Waals surface area contributed by atoms with E-state index in [2.05, 4.69) is 10.3 Å². The summed E-state index contributed by atoms with van der Waals surface area (Å²) in [6.45, 7) is 3.55. The van der Waals surface area contributed by atoms with Gasteiger partial charge in [0.15, 0.2) is 16.3 Å². The number of nitrogens with one attached hydrogen (secondary N) is 1. The van der Waals surface area contributed by atoms with Crippen molar-refractivity contribution in [3.8, 4) is 11.5 Å². The molecule has 2 aromatic carbocycles. The number of nitro benzene ring substituents is 1. The second-order valence-corrected chi connectivity index (χ2v) is 8.88. The summed E-state index contributed by atoms with van der Waals surface area (Å²) in [7, 11) is 3.02. The molecule has 37 heavy (non-hydrogen) atoms. The van der Waals surface area contributed by atoms with Gasteiger partial charge in [0.1, 0.15) is 4.53 Å². The second-order valence-electron chi connectivity index (χ2n) is 7.87. The Morgan fingerprint density at radius 2 is 1.97 bits per heavy atom. The molecule has 0 spiro atoms. The van der Waals surface area contributed by atoms with E-state index in [9.17, 15) is 19.7 Å². The number of nitro groups is 1. The van der Waals surface area contributed by atoms with E-state index < -0.39 is 22.5 Å². The van der Waals surface area contributed by atoms with Crippen molar-refractivity contribution in [1.29, 1.82) is 0 Å². The highest BCUT2D eigenvalue weighted by molar-refractivity contribution is 7.07. The van der Waals surface area contributed by atoms with Gasteiger partial charge in [-0.1, -0.05) is 23.5 Å². The van der Waals surface area contributed by atoms with Crippen LogP contribution in [0.2, 0.25) is 0 Å². The molecule has 0 radical (unpaired) electrons. The van der Waals surface area contributed by atoms with Crippen molar-refractivity contribution in [2.45, 2.75) is 19.9 Å². The molecule has 0 saturated carbocycles. The molecule has 0 saturated heterocycles. The number of rotatable bonds is 8. The number of benzene rings is 2. The van der Waals surface area contributed by atoms with Gasteiger partial charge in [-0.25, -0.2) is 9.79 Å². The van der Waals surface area contributed by atoms with Crippen LogP contribution in [0, 0.1) is 10.1 Å². The van der Waals surface area contributed by atoms with E-state index in [1.54, 1.807) is 44.2 Å². The highest BCUT2D eigenvalue weighted by Crippen LogP contribution is 2.36. The summed E-state index contributed by atoms with van der Waals surface area (Å²) in [6, 6.07) is 10.3. The van der Waals surface area contributed by atoms with Crippen molar-refractivity contribution >= 4 is 34.9 Å². The molecule has 1 N–H and O–H groups in total. The lowest BCUT2D eigenvalue weighted by Crippen LogP contribution is -2.40. The first-order valence-electron chi connectivity index (χ1n) is 11.2. The minimum absolute atomic E-state index is 0.0805. The maximum Gasteiger partial charge on any atom is 0.338 e. The van der Waals surface area contributed by atoms with Gasteiger partial charge in [-0.3, -0.25) is 19.5 Å². The molecule has 11 nitrogen and oxygen atoms in total. The summed E-state index contributed by atoms with van der Waals surface area (Å²) < 4.78 is 17.8. The zero-order chi connectivity index (χ0) is 26.7. The third kappa shape index (κ3) is 4.96. The fourth-order valence-corrected chi connectivity index (χ4v) is 4.96. The van der Waals surface area contributed by atoms with Crippen LogP contribution in [0.1, 0.15) is 25.5 Å². The van der Waals surface area contributed by atoms with E-state index in [4.69, 9.17) is 14.2 Å². The van der Waals surface area contributed by atoms with Gasteiger partial charge in [0.25, 0.3) is 11.2 Å². The molecule has 0 unspecified atom stereocenters. The summed E-state index contributed by atoms with van der Waals surface area (Å²) in [6.07, 6.45) is 1.47. The number of non-ortho nitro benzene ring substituents is 1. The zero-order valence-electron chi connectivity index (χ0n) is 20.5. The SMILES string of the molecule is CCOC(=O)C1=C(C)N=c2s/c(=C\Nc3cccc([N+](=O)[O-])c3)c(=O)n2[C@H]1c1ccc(OC)c(OC)c1. The van der Waals surface area contributed by atoms with E-state index in [0.29, 0.717) is 37.8 Å². The van der Waals surface area contributed by atoms with Crippen molar-refractivity contribution in [1.82, 2.24) is 4.57 Å². The van der Waals surface area contributed by atoms with E-state index in [-0.39, 0.29) is 17.9 Å². The largest absolute Gasteiger partial charge is 0.493 e. The monoisotopic (exact) mass is 524 g/mol. The van der Waals surface area contributed by atoms with Crippen LogP contribution < -0.4 is 29.7 Å². The number of carbonyl (C=O) groups excluding carboxylic acids is 1. The number of thiazole rings is 1. The van der Waals surface area contributed by atoms with Crippen LogP contribution >= 0.6 is 11.3 Å². The van der Waals surface area contributed by atoms with E-state index in [1.165, 1.54) is 37.1 Å². The minimum atomic E-state index is -0.824. The highest BCUT2D eigenvalue weighted by Gasteiger charge is 2.33. The summed E-state index contributed by atoms with van der Waals surface area (Å²) in [5.74, 6) is 0.359. The lowest BCUT2D eigenvalue weighted by molar-refractivity contribution is -0.384. The van der Waals surface area contributed by atoms with Crippen LogP contribution in [-0.2, 0) is 9.53 Å². The Kier molecular flexibility index (Phi) is 7.39. The molecule has 0 amide bonds. The first-order chi connectivity index (χ1) is 17.8. The topological polar surface area (TPSA) is 134 Å². The molecule has 3 aromatic rings. The average Bonchev–Trinajstić information content (AvgIpc) is 3.20. The van der Waals surface area contributed by atoms with E-state index in [1.807, 2.05) is 0 Å². The first kappa shape index (κ1) is 25.6. The number of hydrogen-bond donors (Lipinski definition) is 1. The molecule has 0 bridgehead atoms. The van der Waals surface area contributed by atoms with Crippen molar-refractivity contribution in [3.05, 3.63) is 89.1 Å². The Balaban J connectivity index is 1.87. The fraction of sp³-hybridized carbons (Fsp3) is 0.240. The summed E-state index contributed by atoms with van der Waals surface area (Å²) in [5.41, 5.74) is 1.24. The van der Waals surface area contributed by atoms with E-state index in [0.717, 1.165) is 11.3 Å². The minimum Gasteiger partial charge on any atom is -0.493 e. The number of esters is 1. The molecular formula is C25H24N4O7S. The van der Waals surface area contributed by atoms with Crippen molar-refractivity contribution < 1.29 is 23.9 Å². The van der Waals surface area contributed by atoms with Gasteiger partial charge in [-0.2, -0.15) is 0 Å². The molecule has 4 rings (SSSR count). The number of anilines is 1. The molecule has 1 atom stereocenters. The average molecular weight is 525 g/mol. The van der Waals surface area contributed by atoms with Crippen LogP contribution in [0.5, 0.6) is 11.5 Å². The van der Waals surface area contributed by atoms with Gasteiger partial charge in [0.2, 0.25) is 0 Å². The lowest BCUT2D eigenvalue weighted by Gasteiger charge is -2.25. The third-order valence-electron chi connectivity index (χ3n) is 5.67. The predicted octanol–water partition coefficient (Wildman–Crippen LogP) is 2.75. The fourth-order valence-electron chi connectivity index (χ4n) is 3.99. The molecule has 2 heterocycles. The molecule has 1 aliphatic heterocycles. The molecule has 1 aliphatic rings. The first-order valence-corrected chi connectivity index (χ1v) is 12.0. The Hall–Kier alpha value is -4.45. The Morgan fingerprint density at radius 3 is 2.65 bits per heavy atom. The third-order valence-corrected chi connectivity index (χ3v) is 6.65. The van der Waals surface area contributed by atoms with Gasteiger partial charge in [0, 0.05) is 24.0 Å². The summed E-state index contributed by atoms with van der Waals surface area (Å²) >= 11 is 1.13. The number of fused-ring (bicyclic) bond motifs is 1. The summed E-state index contributed by atoms with van der Waals surface area (Å²) in [4.78, 5) is 42.1. The maximum atomic E-state index is 13.6. The predicted molar refractivity (Wildman–Crippen MR) is 138 cm³/mol. The van der Waals surface area contributed by atoms with Gasteiger partial charge in [0.05, 0.1) is 43.1 Å². The van der Waals surface area contributed by atoms with Gasteiger partial charge in [-0.15, -0.1) is 0 Å². The molecule has 1 aromatic heterocycles. The van der Waals surface area contributed by atoms with E-state index >= 15 is 0 Å². The smallest absolute Gasteiger partial charge is 0.338 e. The lowest BCUT2D eigenvalue weighted by atomic mass is 9.95. The van der Waals surface area contributed by atoms with Gasteiger partial charge >= 0.3 is 5.97 Å². The number of ether oxygens (including phenoxy) is 3. The van der Waals surface area contributed by atoms with Crippen LogP contribution in [0.15, 0.2) is 63.5 Å². The second kappa shape index (κ2) is 10.7. The van der Waals surface area contributed by atoms with Crippen molar-refractivity contribution in [3.63, 3.8) is 0 Å². The quantitative estimate of drug-likeness (QED) is 0.270. The Bertz CT molecular complexity index is 1590. The number of aromatic nitrogens is 1. The Labute approximate surface area is 215 Å². The number of hydrogen-bond acceptors (Lipinski definition) is 10. The molecule has 12 heteroatoms. The number of allylic oxidation sites excluding steroid dienone is 1. The number of methoxy groups -OCH3 is 2. The zero-order valence-corrected chi connectivity index (χ0v) is 21.3. The normalized spacial score (nSPS) is 15.0. The highest BCUT2D eigenvalue weighted by atomic mass is 32.1. The molecule has 0 aliphatic carbocycles. The van der Waals surface area contributed by atoms with Crippen LogP contribution in [0.4, 0.5) is 11.4 Å².